The van der Waals surface area contributed by atoms with E-state index in [9.17, 15) is 0 Å². The molecule has 0 spiro atoms. The molecular weight excluding hydrogens is 126 g/mol. The Hall–Kier alpha value is -0.800. The molecule has 0 aromatic carbocycles. The van der Waals surface area contributed by atoms with E-state index in [4.69, 9.17) is 0 Å². The molecule has 10 heavy (non-hydrogen) atoms. The van der Waals surface area contributed by atoms with Crippen LogP contribution in [0.5, 0.6) is 0 Å². The molecule has 1 aliphatic heterocycles. The zero-order valence-electron chi connectivity index (χ0n) is 5.72. The van der Waals surface area contributed by atoms with E-state index in [-0.39, 0.29) is 0 Å². The maximum Gasteiger partial charge on any atom is 0.0625 e. The van der Waals surface area contributed by atoms with Gasteiger partial charge in [-0.2, -0.15) is 0 Å². The number of hydrazine groups is 1. The Kier molecular flexibility index (Phi) is 1.45. The van der Waals surface area contributed by atoms with Gasteiger partial charge in [-0.05, 0) is 18.6 Å². The van der Waals surface area contributed by atoms with Crippen LogP contribution in [-0.2, 0) is 0 Å². The number of hydrogen-bond acceptors (Lipinski definition) is 2. The van der Waals surface area contributed by atoms with E-state index in [0.29, 0.717) is 6.04 Å². The second kappa shape index (κ2) is 2.44. The Balaban J connectivity index is 2.12. The van der Waals surface area contributed by atoms with E-state index in [0.717, 1.165) is 6.54 Å². The molecule has 2 rings (SSSR count). The smallest absolute Gasteiger partial charge is 0.0625 e. The van der Waals surface area contributed by atoms with Crippen molar-refractivity contribution in [3.8, 4) is 0 Å². The first-order valence-electron chi connectivity index (χ1n) is 3.58. The third-order valence-corrected chi connectivity index (χ3v) is 1.83. The number of nitrogens with one attached hydrogen (secondary N) is 3. The van der Waals surface area contributed by atoms with Crippen molar-refractivity contribution in [1.82, 2.24) is 15.8 Å². The molecule has 0 aliphatic carbocycles. The zero-order chi connectivity index (χ0) is 6.81. The summed E-state index contributed by atoms with van der Waals surface area (Å²) in [5.74, 6) is 0. The van der Waals surface area contributed by atoms with Gasteiger partial charge in [0.25, 0.3) is 0 Å². The molecule has 54 valence electrons. The van der Waals surface area contributed by atoms with Crippen LogP contribution in [0.3, 0.4) is 0 Å². The minimum atomic E-state index is 0.481. The van der Waals surface area contributed by atoms with Gasteiger partial charge >= 0.3 is 0 Å². The van der Waals surface area contributed by atoms with E-state index in [1.807, 2.05) is 12.3 Å². The summed E-state index contributed by atoms with van der Waals surface area (Å²) in [6, 6.07) is 4.61. The van der Waals surface area contributed by atoms with Crippen LogP contribution in [0.4, 0.5) is 0 Å². The quantitative estimate of drug-likeness (QED) is 0.529. The van der Waals surface area contributed by atoms with Crippen LogP contribution >= 0.6 is 0 Å². The number of hydrogen-bond donors (Lipinski definition) is 3. The Morgan fingerprint density at radius 2 is 2.50 bits per heavy atom. The van der Waals surface area contributed by atoms with Crippen molar-refractivity contribution in [1.29, 1.82) is 0 Å². The van der Waals surface area contributed by atoms with Gasteiger partial charge in [0.1, 0.15) is 0 Å². The first kappa shape index (κ1) is 5.95. The predicted octanol–water partition coefficient (Wildman–Crippen LogP) is 0.554. The van der Waals surface area contributed by atoms with E-state index < -0.39 is 0 Å². The number of aromatic nitrogens is 1. The van der Waals surface area contributed by atoms with Crippen molar-refractivity contribution in [2.24, 2.45) is 0 Å². The van der Waals surface area contributed by atoms with Gasteiger partial charge in [0.15, 0.2) is 0 Å². The van der Waals surface area contributed by atoms with Crippen molar-refractivity contribution in [3.63, 3.8) is 0 Å². The Morgan fingerprint density at radius 3 is 3.10 bits per heavy atom. The molecule has 0 radical (unpaired) electrons. The summed E-state index contributed by atoms with van der Waals surface area (Å²) in [4.78, 5) is 3.18. The van der Waals surface area contributed by atoms with Gasteiger partial charge in [-0.3, -0.25) is 5.43 Å². The summed E-state index contributed by atoms with van der Waals surface area (Å²) < 4.78 is 0. The fourth-order valence-corrected chi connectivity index (χ4v) is 1.28. The second-order valence-corrected chi connectivity index (χ2v) is 2.54. The summed E-state index contributed by atoms with van der Waals surface area (Å²) in [5.41, 5.74) is 7.54. The molecule has 1 atom stereocenters. The minimum Gasteiger partial charge on any atom is -0.364 e. The average Bonchev–Trinajstić information content (AvgIpc) is 2.59. The van der Waals surface area contributed by atoms with Crippen LogP contribution < -0.4 is 10.9 Å². The van der Waals surface area contributed by atoms with Gasteiger partial charge < -0.3 is 4.98 Å². The molecule has 1 aromatic heterocycles. The van der Waals surface area contributed by atoms with Gasteiger partial charge in [0.2, 0.25) is 0 Å². The lowest BCUT2D eigenvalue weighted by Crippen LogP contribution is -2.24. The van der Waals surface area contributed by atoms with Gasteiger partial charge in [-0.1, -0.05) is 0 Å². The van der Waals surface area contributed by atoms with Crippen LogP contribution in [0.1, 0.15) is 18.2 Å². The highest BCUT2D eigenvalue weighted by Gasteiger charge is 2.15. The Morgan fingerprint density at radius 1 is 1.50 bits per heavy atom. The van der Waals surface area contributed by atoms with Crippen LogP contribution in [0.2, 0.25) is 0 Å². The Labute approximate surface area is 59.8 Å². The van der Waals surface area contributed by atoms with Crippen molar-refractivity contribution in [2.75, 3.05) is 6.54 Å². The highest BCUT2D eigenvalue weighted by atomic mass is 15.4. The van der Waals surface area contributed by atoms with Gasteiger partial charge in [-0.15, -0.1) is 0 Å². The first-order valence-corrected chi connectivity index (χ1v) is 3.58. The normalized spacial score (nSPS) is 25.4. The lowest BCUT2D eigenvalue weighted by molar-refractivity contribution is 0.571. The lowest BCUT2D eigenvalue weighted by Gasteiger charge is -2.04. The number of aromatic amines is 1. The predicted molar refractivity (Wildman–Crippen MR) is 39.3 cm³/mol. The van der Waals surface area contributed by atoms with Gasteiger partial charge in [0.05, 0.1) is 6.04 Å². The van der Waals surface area contributed by atoms with E-state index >= 15 is 0 Å². The molecule has 0 saturated carbocycles. The summed E-state index contributed by atoms with van der Waals surface area (Å²) in [7, 11) is 0. The van der Waals surface area contributed by atoms with Crippen LogP contribution in [0.25, 0.3) is 0 Å². The second-order valence-electron chi connectivity index (χ2n) is 2.54. The third kappa shape index (κ3) is 0.936. The molecular formula is C7H11N3. The van der Waals surface area contributed by atoms with E-state index in [1.165, 1.54) is 12.1 Å². The minimum absolute atomic E-state index is 0.481. The average molecular weight is 137 g/mol. The molecule has 1 unspecified atom stereocenters. The summed E-state index contributed by atoms with van der Waals surface area (Å²) in [6.07, 6.45) is 3.12. The highest BCUT2D eigenvalue weighted by molar-refractivity contribution is 5.09. The molecule has 1 aromatic rings. The summed E-state index contributed by atoms with van der Waals surface area (Å²) >= 11 is 0. The molecule has 1 aliphatic rings. The van der Waals surface area contributed by atoms with Crippen molar-refractivity contribution >= 4 is 0 Å². The third-order valence-electron chi connectivity index (χ3n) is 1.83. The molecule has 1 saturated heterocycles. The zero-order valence-corrected chi connectivity index (χ0v) is 5.72. The molecule has 0 amide bonds. The van der Waals surface area contributed by atoms with Crippen LogP contribution in [-0.4, -0.2) is 11.5 Å². The van der Waals surface area contributed by atoms with Gasteiger partial charge in [-0.25, -0.2) is 5.43 Å². The monoisotopic (exact) mass is 137 g/mol. The maximum atomic E-state index is 3.18. The SMILES string of the molecule is c1c[nH]c(C2CCNN2)c1. The molecule has 3 N–H and O–H groups in total. The molecule has 1 fully saturated rings. The van der Waals surface area contributed by atoms with Crippen molar-refractivity contribution in [3.05, 3.63) is 24.0 Å². The van der Waals surface area contributed by atoms with Crippen molar-refractivity contribution < 1.29 is 0 Å². The maximum absolute atomic E-state index is 3.18. The fraction of sp³-hybridized carbons (Fsp3) is 0.429. The summed E-state index contributed by atoms with van der Waals surface area (Å²) in [6.45, 7) is 1.06. The summed E-state index contributed by atoms with van der Waals surface area (Å²) in [5, 5.41) is 0. The van der Waals surface area contributed by atoms with E-state index in [2.05, 4.69) is 21.9 Å². The molecule has 3 heteroatoms. The van der Waals surface area contributed by atoms with Crippen LogP contribution in [0.15, 0.2) is 18.3 Å². The Bertz CT molecular complexity index is 187. The standard InChI is InChI=1S/C7H11N3/c1-2-6(8-4-1)7-3-5-9-10-7/h1-2,4,7-10H,3,5H2. The molecule has 3 nitrogen and oxygen atoms in total. The molecule has 0 bridgehead atoms. The fourth-order valence-electron chi connectivity index (χ4n) is 1.28. The number of rotatable bonds is 1. The van der Waals surface area contributed by atoms with Crippen LogP contribution in [0, 0.1) is 0 Å². The molecule has 2 heterocycles. The highest BCUT2D eigenvalue weighted by Crippen LogP contribution is 2.15. The topological polar surface area (TPSA) is 39.9 Å². The largest absolute Gasteiger partial charge is 0.364 e. The lowest BCUT2D eigenvalue weighted by atomic mass is 10.2. The van der Waals surface area contributed by atoms with E-state index in [1.54, 1.807) is 0 Å². The van der Waals surface area contributed by atoms with Crippen molar-refractivity contribution in [2.45, 2.75) is 12.5 Å². The first-order chi connectivity index (χ1) is 4.97. The van der Waals surface area contributed by atoms with Gasteiger partial charge in [0, 0.05) is 18.4 Å². The number of H-pyrrole nitrogens is 1.